The SMILES string of the molecule is Cc1nn(C)c(C)c1CC(=O)N(CC(F)F)c1ccc(F)cc1. The summed E-state index contributed by atoms with van der Waals surface area (Å²) in [5, 5.41) is 4.22. The quantitative estimate of drug-likeness (QED) is 0.847. The lowest BCUT2D eigenvalue weighted by Gasteiger charge is -2.22. The Kier molecular flexibility index (Phi) is 5.08. The van der Waals surface area contributed by atoms with Crippen molar-refractivity contribution in [2.24, 2.45) is 7.05 Å². The number of carbonyl (C=O) groups excluding carboxylic acids is 1. The maximum Gasteiger partial charge on any atom is 0.256 e. The molecule has 124 valence electrons. The third-order valence-corrected chi connectivity index (χ3v) is 3.75. The first-order chi connectivity index (χ1) is 10.8. The molecule has 1 aromatic carbocycles. The Morgan fingerprint density at radius 1 is 1.26 bits per heavy atom. The maximum atomic E-state index is 13.0. The number of alkyl halides is 2. The van der Waals surface area contributed by atoms with Crippen LogP contribution in [0.5, 0.6) is 0 Å². The molecule has 2 rings (SSSR count). The summed E-state index contributed by atoms with van der Waals surface area (Å²) in [6, 6.07) is 4.92. The third-order valence-electron chi connectivity index (χ3n) is 3.75. The van der Waals surface area contributed by atoms with Crippen LogP contribution in [0.15, 0.2) is 24.3 Å². The first-order valence-corrected chi connectivity index (χ1v) is 7.12. The van der Waals surface area contributed by atoms with Crippen molar-refractivity contribution in [3.63, 3.8) is 0 Å². The number of halogens is 3. The molecule has 0 atom stereocenters. The van der Waals surface area contributed by atoms with E-state index in [0.29, 0.717) is 5.69 Å². The van der Waals surface area contributed by atoms with E-state index in [1.165, 1.54) is 12.1 Å². The summed E-state index contributed by atoms with van der Waals surface area (Å²) in [6.45, 7) is 2.85. The van der Waals surface area contributed by atoms with E-state index in [1.54, 1.807) is 18.7 Å². The zero-order valence-corrected chi connectivity index (χ0v) is 13.2. The molecule has 0 unspecified atom stereocenters. The number of hydrogen-bond acceptors (Lipinski definition) is 2. The summed E-state index contributed by atoms with van der Waals surface area (Å²) >= 11 is 0. The van der Waals surface area contributed by atoms with Crippen molar-refractivity contribution in [2.45, 2.75) is 26.7 Å². The lowest BCUT2D eigenvalue weighted by molar-refractivity contribution is -0.118. The van der Waals surface area contributed by atoms with Gasteiger partial charge in [0.05, 0.1) is 18.7 Å². The first kappa shape index (κ1) is 17.1. The lowest BCUT2D eigenvalue weighted by atomic mass is 10.1. The van der Waals surface area contributed by atoms with Crippen LogP contribution in [0.25, 0.3) is 0 Å². The first-order valence-electron chi connectivity index (χ1n) is 7.12. The Balaban J connectivity index is 2.28. The van der Waals surface area contributed by atoms with Gasteiger partial charge in [0, 0.05) is 24.0 Å². The molecular formula is C16H18F3N3O. The lowest BCUT2D eigenvalue weighted by Crippen LogP contribution is -2.36. The highest BCUT2D eigenvalue weighted by atomic mass is 19.3. The number of benzene rings is 1. The molecule has 1 heterocycles. The van der Waals surface area contributed by atoms with E-state index in [0.717, 1.165) is 28.3 Å². The summed E-state index contributed by atoms with van der Waals surface area (Å²) in [4.78, 5) is 13.5. The van der Waals surface area contributed by atoms with E-state index in [-0.39, 0.29) is 12.1 Å². The Labute approximate surface area is 132 Å². The van der Waals surface area contributed by atoms with Gasteiger partial charge in [0.1, 0.15) is 5.82 Å². The van der Waals surface area contributed by atoms with E-state index in [2.05, 4.69) is 5.10 Å². The average Bonchev–Trinajstić information content (AvgIpc) is 2.72. The molecule has 2 aromatic rings. The Morgan fingerprint density at radius 2 is 1.87 bits per heavy atom. The van der Waals surface area contributed by atoms with Crippen LogP contribution in [0.4, 0.5) is 18.9 Å². The molecule has 0 N–H and O–H groups in total. The second-order valence-corrected chi connectivity index (χ2v) is 5.32. The maximum absolute atomic E-state index is 13.0. The van der Waals surface area contributed by atoms with Crippen LogP contribution in [0, 0.1) is 19.7 Å². The van der Waals surface area contributed by atoms with E-state index in [1.807, 2.05) is 6.92 Å². The number of nitrogens with zero attached hydrogens (tertiary/aromatic N) is 3. The molecular weight excluding hydrogens is 307 g/mol. The topological polar surface area (TPSA) is 38.1 Å². The van der Waals surface area contributed by atoms with E-state index >= 15 is 0 Å². The summed E-state index contributed by atoms with van der Waals surface area (Å²) in [5.41, 5.74) is 2.47. The number of hydrogen-bond donors (Lipinski definition) is 0. The van der Waals surface area contributed by atoms with Crippen LogP contribution in [-0.2, 0) is 18.3 Å². The van der Waals surface area contributed by atoms with Crippen LogP contribution < -0.4 is 4.90 Å². The Morgan fingerprint density at radius 3 is 2.35 bits per heavy atom. The van der Waals surface area contributed by atoms with Gasteiger partial charge in [0.2, 0.25) is 5.91 Å². The van der Waals surface area contributed by atoms with Gasteiger partial charge < -0.3 is 4.90 Å². The summed E-state index contributed by atoms with van der Waals surface area (Å²) in [5.74, 6) is -0.965. The molecule has 0 fully saturated rings. The summed E-state index contributed by atoms with van der Waals surface area (Å²) < 4.78 is 40.3. The van der Waals surface area contributed by atoms with Gasteiger partial charge in [0.25, 0.3) is 6.43 Å². The van der Waals surface area contributed by atoms with Gasteiger partial charge >= 0.3 is 0 Å². The van der Waals surface area contributed by atoms with Crippen LogP contribution >= 0.6 is 0 Å². The van der Waals surface area contributed by atoms with Crippen LogP contribution in [0.2, 0.25) is 0 Å². The molecule has 0 radical (unpaired) electrons. The minimum atomic E-state index is -2.68. The number of carbonyl (C=O) groups is 1. The van der Waals surface area contributed by atoms with Gasteiger partial charge in [-0.2, -0.15) is 5.10 Å². The van der Waals surface area contributed by atoms with Crippen LogP contribution in [0.3, 0.4) is 0 Å². The fourth-order valence-corrected chi connectivity index (χ4v) is 2.43. The predicted molar refractivity (Wildman–Crippen MR) is 81.1 cm³/mol. The highest BCUT2D eigenvalue weighted by molar-refractivity contribution is 5.95. The summed E-state index contributed by atoms with van der Waals surface area (Å²) in [6.07, 6.45) is -2.71. The molecule has 1 amide bonds. The van der Waals surface area contributed by atoms with Crippen molar-refractivity contribution < 1.29 is 18.0 Å². The van der Waals surface area contributed by atoms with E-state index in [9.17, 15) is 18.0 Å². The fraction of sp³-hybridized carbons (Fsp3) is 0.375. The molecule has 7 heteroatoms. The van der Waals surface area contributed by atoms with E-state index < -0.39 is 24.7 Å². The van der Waals surface area contributed by atoms with Gasteiger partial charge in [-0.25, -0.2) is 13.2 Å². The molecule has 0 aliphatic rings. The van der Waals surface area contributed by atoms with E-state index in [4.69, 9.17) is 0 Å². The molecule has 0 aliphatic heterocycles. The third kappa shape index (κ3) is 3.91. The highest BCUT2D eigenvalue weighted by Gasteiger charge is 2.23. The Hall–Kier alpha value is -2.31. The van der Waals surface area contributed by atoms with Gasteiger partial charge in [-0.1, -0.05) is 0 Å². The zero-order valence-electron chi connectivity index (χ0n) is 13.2. The predicted octanol–water partition coefficient (Wildman–Crippen LogP) is 3.02. The normalized spacial score (nSPS) is 11.1. The van der Waals surface area contributed by atoms with Crippen LogP contribution in [-0.4, -0.2) is 28.7 Å². The Bertz CT molecular complexity index is 695. The number of anilines is 1. The largest absolute Gasteiger partial charge is 0.306 e. The minimum Gasteiger partial charge on any atom is -0.306 e. The number of rotatable bonds is 5. The molecule has 0 saturated heterocycles. The standard InChI is InChI=1S/C16H18F3N3O/c1-10-14(11(2)21(3)20-10)8-16(23)22(9-15(18)19)13-6-4-12(17)5-7-13/h4-7,15H,8-9H2,1-3H3. The molecule has 0 aliphatic carbocycles. The van der Waals surface area contributed by atoms with Gasteiger partial charge in [0.15, 0.2) is 0 Å². The second kappa shape index (κ2) is 6.85. The smallest absolute Gasteiger partial charge is 0.256 e. The summed E-state index contributed by atoms with van der Waals surface area (Å²) in [7, 11) is 1.76. The van der Waals surface area contributed by atoms with Crippen molar-refractivity contribution in [1.29, 1.82) is 0 Å². The number of amides is 1. The average molecular weight is 325 g/mol. The number of aromatic nitrogens is 2. The molecule has 1 aromatic heterocycles. The van der Waals surface area contributed by atoms with Gasteiger partial charge in [-0.05, 0) is 38.1 Å². The van der Waals surface area contributed by atoms with Crippen molar-refractivity contribution in [2.75, 3.05) is 11.4 Å². The molecule has 0 spiro atoms. The molecule has 0 bridgehead atoms. The van der Waals surface area contributed by atoms with Gasteiger partial charge in [-0.15, -0.1) is 0 Å². The van der Waals surface area contributed by atoms with Crippen molar-refractivity contribution >= 4 is 11.6 Å². The zero-order chi connectivity index (χ0) is 17.1. The number of aryl methyl sites for hydroxylation is 2. The van der Waals surface area contributed by atoms with Crippen molar-refractivity contribution in [3.05, 3.63) is 47.0 Å². The highest BCUT2D eigenvalue weighted by Crippen LogP contribution is 2.20. The molecule has 0 saturated carbocycles. The van der Waals surface area contributed by atoms with Crippen molar-refractivity contribution in [3.8, 4) is 0 Å². The minimum absolute atomic E-state index is 0.0321. The second-order valence-electron chi connectivity index (χ2n) is 5.32. The van der Waals surface area contributed by atoms with Gasteiger partial charge in [-0.3, -0.25) is 9.48 Å². The molecule has 23 heavy (non-hydrogen) atoms. The monoisotopic (exact) mass is 325 g/mol. The van der Waals surface area contributed by atoms with Crippen LogP contribution in [0.1, 0.15) is 17.0 Å². The molecule has 4 nitrogen and oxygen atoms in total. The fourth-order valence-electron chi connectivity index (χ4n) is 2.43. The van der Waals surface area contributed by atoms with Crippen molar-refractivity contribution in [1.82, 2.24) is 9.78 Å².